The number of hydrogen-bond acceptors (Lipinski definition) is 5. The summed E-state index contributed by atoms with van der Waals surface area (Å²) < 4.78 is 16.1. The molecule has 3 rings (SSSR count). The fraction of sp³-hybridized carbons (Fsp3) is 0.294. The Labute approximate surface area is 144 Å². The maximum absolute atomic E-state index is 12.4. The molecule has 0 saturated carbocycles. The number of aromatic nitrogens is 1. The highest BCUT2D eigenvalue weighted by molar-refractivity contribution is 6.32. The number of methoxy groups -OCH3 is 1. The molecule has 126 valence electrons. The van der Waals surface area contributed by atoms with E-state index in [0.29, 0.717) is 41.1 Å². The van der Waals surface area contributed by atoms with Gasteiger partial charge in [-0.2, -0.15) is 0 Å². The molecule has 0 bridgehead atoms. The van der Waals surface area contributed by atoms with Gasteiger partial charge in [-0.3, -0.25) is 4.79 Å². The minimum Gasteiger partial charge on any atom is -0.495 e. The summed E-state index contributed by atoms with van der Waals surface area (Å²) in [5, 5.41) is 3.21. The van der Waals surface area contributed by atoms with E-state index < -0.39 is 0 Å². The van der Waals surface area contributed by atoms with Crippen LogP contribution < -0.4 is 14.8 Å². The van der Waals surface area contributed by atoms with Crippen molar-refractivity contribution in [3.05, 3.63) is 47.1 Å². The third-order valence-electron chi connectivity index (χ3n) is 3.58. The van der Waals surface area contributed by atoms with Gasteiger partial charge in [0, 0.05) is 29.9 Å². The van der Waals surface area contributed by atoms with Crippen molar-refractivity contribution >= 4 is 23.2 Å². The van der Waals surface area contributed by atoms with Gasteiger partial charge in [0.05, 0.1) is 25.3 Å². The average molecular weight is 349 g/mol. The molecule has 2 aromatic rings. The second-order valence-corrected chi connectivity index (χ2v) is 5.70. The molecule has 6 nitrogen and oxygen atoms in total. The highest BCUT2D eigenvalue weighted by atomic mass is 35.5. The van der Waals surface area contributed by atoms with E-state index in [-0.39, 0.29) is 12.0 Å². The molecule has 1 unspecified atom stereocenters. The highest BCUT2D eigenvalue weighted by Gasteiger charge is 2.18. The highest BCUT2D eigenvalue weighted by Crippen LogP contribution is 2.27. The van der Waals surface area contributed by atoms with Crippen LogP contribution in [0.2, 0.25) is 5.02 Å². The molecule has 1 aromatic heterocycles. The zero-order valence-corrected chi connectivity index (χ0v) is 13.9. The summed E-state index contributed by atoms with van der Waals surface area (Å²) in [5.74, 6) is 0.685. The largest absolute Gasteiger partial charge is 0.495 e. The maximum atomic E-state index is 12.4. The number of carbonyl (C=O) groups excluding carboxylic acids is 1. The van der Waals surface area contributed by atoms with E-state index in [0.717, 1.165) is 6.42 Å². The number of hydrogen-bond donors (Lipinski definition) is 1. The number of halogens is 1. The zero-order chi connectivity index (χ0) is 16.9. The van der Waals surface area contributed by atoms with Crippen LogP contribution in [0.1, 0.15) is 16.8 Å². The molecule has 1 saturated heterocycles. The minimum atomic E-state index is -0.272. The van der Waals surface area contributed by atoms with Crippen LogP contribution in [-0.2, 0) is 4.74 Å². The van der Waals surface area contributed by atoms with Crippen molar-refractivity contribution < 1.29 is 19.0 Å². The maximum Gasteiger partial charge on any atom is 0.255 e. The van der Waals surface area contributed by atoms with Gasteiger partial charge in [0.25, 0.3) is 5.91 Å². The van der Waals surface area contributed by atoms with Crippen molar-refractivity contribution in [1.82, 2.24) is 4.98 Å². The number of amides is 1. The van der Waals surface area contributed by atoms with Gasteiger partial charge in [0.2, 0.25) is 5.88 Å². The predicted molar refractivity (Wildman–Crippen MR) is 90.0 cm³/mol. The lowest BCUT2D eigenvalue weighted by Gasteiger charge is -2.12. The topological polar surface area (TPSA) is 69.7 Å². The van der Waals surface area contributed by atoms with E-state index >= 15 is 0 Å². The Hall–Kier alpha value is -2.31. The van der Waals surface area contributed by atoms with Gasteiger partial charge in [0.15, 0.2) is 0 Å². The van der Waals surface area contributed by atoms with Crippen LogP contribution in [0.25, 0.3) is 0 Å². The molecule has 1 atom stereocenters. The van der Waals surface area contributed by atoms with Crippen LogP contribution in [-0.4, -0.2) is 37.3 Å². The minimum absolute atomic E-state index is 0.0174. The molecule has 1 aliphatic heterocycles. The van der Waals surface area contributed by atoms with E-state index in [2.05, 4.69) is 10.3 Å². The Bertz CT molecular complexity index is 732. The number of anilines is 1. The number of ether oxygens (including phenoxy) is 3. The van der Waals surface area contributed by atoms with Crippen molar-refractivity contribution in [2.75, 3.05) is 25.6 Å². The van der Waals surface area contributed by atoms with E-state index in [1.165, 1.54) is 7.11 Å². The van der Waals surface area contributed by atoms with E-state index in [1.807, 2.05) is 0 Å². The van der Waals surface area contributed by atoms with Crippen LogP contribution in [0.4, 0.5) is 5.69 Å². The summed E-state index contributed by atoms with van der Waals surface area (Å²) >= 11 is 6.06. The number of nitrogens with zero attached hydrogens (tertiary/aromatic N) is 1. The molecule has 0 spiro atoms. The SMILES string of the molecule is COc1ccc(NC(=O)c2ccnc(OC3CCOC3)c2)cc1Cl. The lowest BCUT2D eigenvalue weighted by molar-refractivity contribution is 0.102. The van der Waals surface area contributed by atoms with Crippen LogP contribution >= 0.6 is 11.6 Å². The quantitative estimate of drug-likeness (QED) is 0.898. The predicted octanol–water partition coefficient (Wildman–Crippen LogP) is 3.16. The molecular formula is C17H17ClN2O4. The van der Waals surface area contributed by atoms with Crippen LogP contribution in [0.15, 0.2) is 36.5 Å². The number of carbonyl (C=O) groups is 1. The first kappa shape index (κ1) is 16.5. The van der Waals surface area contributed by atoms with Gasteiger partial charge in [-0.05, 0) is 24.3 Å². The third kappa shape index (κ3) is 3.96. The van der Waals surface area contributed by atoms with Crippen molar-refractivity contribution in [3.63, 3.8) is 0 Å². The summed E-state index contributed by atoms with van der Waals surface area (Å²) in [5.41, 5.74) is 1.03. The molecule has 7 heteroatoms. The molecule has 1 fully saturated rings. The Morgan fingerprint density at radius 1 is 1.38 bits per heavy atom. The number of nitrogens with one attached hydrogen (secondary N) is 1. The Kier molecular flexibility index (Phi) is 5.17. The summed E-state index contributed by atoms with van der Waals surface area (Å²) in [6, 6.07) is 8.28. The van der Waals surface area contributed by atoms with Gasteiger partial charge in [-0.15, -0.1) is 0 Å². The van der Waals surface area contributed by atoms with Gasteiger partial charge in [0.1, 0.15) is 11.9 Å². The molecule has 1 aliphatic rings. The Balaban J connectivity index is 1.69. The fourth-order valence-corrected chi connectivity index (χ4v) is 2.60. The van der Waals surface area contributed by atoms with Gasteiger partial charge < -0.3 is 19.5 Å². The number of benzene rings is 1. The van der Waals surface area contributed by atoms with Crippen molar-refractivity contribution in [2.45, 2.75) is 12.5 Å². The van der Waals surface area contributed by atoms with E-state index in [9.17, 15) is 4.79 Å². The number of pyridine rings is 1. The lowest BCUT2D eigenvalue weighted by Crippen LogP contribution is -2.17. The summed E-state index contributed by atoms with van der Waals surface area (Å²) in [6.45, 7) is 1.23. The van der Waals surface area contributed by atoms with E-state index in [1.54, 1.807) is 36.5 Å². The van der Waals surface area contributed by atoms with Crippen LogP contribution in [0.5, 0.6) is 11.6 Å². The smallest absolute Gasteiger partial charge is 0.255 e. The van der Waals surface area contributed by atoms with Gasteiger partial charge >= 0.3 is 0 Å². The molecule has 2 heterocycles. The molecule has 0 radical (unpaired) electrons. The average Bonchev–Trinajstić information content (AvgIpc) is 3.08. The first-order chi connectivity index (χ1) is 11.7. The molecule has 1 aromatic carbocycles. The zero-order valence-electron chi connectivity index (χ0n) is 13.1. The first-order valence-corrected chi connectivity index (χ1v) is 7.89. The van der Waals surface area contributed by atoms with Gasteiger partial charge in [-0.25, -0.2) is 4.98 Å². The Morgan fingerprint density at radius 3 is 2.96 bits per heavy atom. The normalized spacial score (nSPS) is 16.7. The Morgan fingerprint density at radius 2 is 2.25 bits per heavy atom. The lowest BCUT2D eigenvalue weighted by atomic mass is 10.2. The van der Waals surface area contributed by atoms with Crippen molar-refractivity contribution in [3.8, 4) is 11.6 Å². The second kappa shape index (κ2) is 7.51. The summed E-state index contributed by atoms with van der Waals surface area (Å²) in [6.07, 6.45) is 2.35. The third-order valence-corrected chi connectivity index (χ3v) is 3.88. The fourth-order valence-electron chi connectivity index (χ4n) is 2.34. The molecular weight excluding hydrogens is 332 g/mol. The van der Waals surface area contributed by atoms with Crippen LogP contribution in [0, 0.1) is 0 Å². The van der Waals surface area contributed by atoms with E-state index in [4.69, 9.17) is 25.8 Å². The van der Waals surface area contributed by atoms with Crippen LogP contribution in [0.3, 0.4) is 0 Å². The molecule has 1 amide bonds. The number of rotatable bonds is 5. The molecule has 24 heavy (non-hydrogen) atoms. The van der Waals surface area contributed by atoms with Crippen molar-refractivity contribution in [1.29, 1.82) is 0 Å². The second-order valence-electron chi connectivity index (χ2n) is 5.29. The standard InChI is InChI=1S/C17H17ClN2O4/c1-22-15-3-2-12(9-14(15)18)20-17(21)11-4-6-19-16(8-11)24-13-5-7-23-10-13/h2-4,6,8-9,13H,5,7,10H2,1H3,(H,20,21). The van der Waals surface area contributed by atoms with Crippen molar-refractivity contribution in [2.24, 2.45) is 0 Å². The summed E-state index contributed by atoms with van der Waals surface area (Å²) in [4.78, 5) is 16.5. The first-order valence-electron chi connectivity index (χ1n) is 7.51. The molecule has 0 aliphatic carbocycles. The van der Waals surface area contributed by atoms with Gasteiger partial charge in [-0.1, -0.05) is 11.6 Å². The molecule has 1 N–H and O–H groups in total. The monoisotopic (exact) mass is 348 g/mol. The summed E-state index contributed by atoms with van der Waals surface area (Å²) in [7, 11) is 1.54.